The number of carbonyl (C=O) groups is 2. The van der Waals surface area contributed by atoms with Crippen LogP contribution in [-0.2, 0) is 26.1 Å². The summed E-state index contributed by atoms with van der Waals surface area (Å²) in [5, 5.41) is 6.74. The van der Waals surface area contributed by atoms with Crippen molar-refractivity contribution in [3.8, 4) is 0 Å². The average molecular weight is 431 g/mol. The maximum Gasteiger partial charge on any atom is 0.344 e. The molecule has 1 aromatic carbocycles. The van der Waals surface area contributed by atoms with Gasteiger partial charge in [-0.3, -0.25) is 4.79 Å². The van der Waals surface area contributed by atoms with Crippen LogP contribution in [0.15, 0.2) is 47.6 Å². The molecule has 0 spiro atoms. The predicted molar refractivity (Wildman–Crippen MR) is 107 cm³/mol. The second-order valence-electron chi connectivity index (χ2n) is 6.60. The molecule has 0 unspecified atom stereocenters. The number of aryl methyl sites for hydroxylation is 1. The highest BCUT2D eigenvalue weighted by Gasteiger charge is 2.22. The number of fused-ring (bicyclic) bond motifs is 1. The second kappa shape index (κ2) is 8.59. The minimum Gasteiger partial charge on any atom is -0.452 e. The molecule has 10 nitrogen and oxygen atoms in total. The van der Waals surface area contributed by atoms with Gasteiger partial charge in [-0.1, -0.05) is 18.2 Å². The number of carbonyl (C=O) groups excluding carboxylic acids is 2. The van der Waals surface area contributed by atoms with Crippen molar-refractivity contribution in [1.82, 2.24) is 24.2 Å². The molecular formula is C19H21N5O5S. The van der Waals surface area contributed by atoms with Crippen molar-refractivity contribution in [2.24, 2.45) is 0 Å². The molecule has 2 aromatic heterocycles. The third-order valence-corrected chi connectivity index (χ3v) is 6.23. The largest absolute Gasteiger partial charge is 0.452 e. The normalized spacial score (nSPS) is 11.6. The molecule has 0 atom stereocenters. The van der Waals surface area contributed by atoms with Crippen LogP contribution in [-0.4, -0.2) is 59.9 Å². The Hall–Kier alpha value is -3.31. The molecule has 0 radical (unpaired) electrons. The highest BCUT2D eigenvalue weighted by molar-refractivity contribution is 7.89. The lowest BCUT2D eigenvalue weighted by molar-refractivity contribution is -0.124. The first-order valence-electron chi connectivity index (χ1n) is 8.96. The molecule has 0 bridgehead atoms. The highest BCUT2D eigenvalue weighted by atomic mass is 32.2. The van der Waals surface area contributed by atoms with Crippen molar-refractivity contribution in [2.75, 3.05) is 20.7 Å². The molecule has 2 heterocycles. The molecule has 11 heteroatoms. The van der Waals surface area contributed by atoms with Gasteiger partial charge in [-0.25, -0.2) is 27.0 Å². The fraction of sp³-hybridized carbons (Fsp3) is 0.263. The van der Waals surface area contributed by atoms with Crippen LogP contribution < -0.4 is 5.32 Å². The zero-order chi connectivity index (χ0) is 21.9. The SMILES string of the molecule is Cc1nn2cccnc2c1C(=O)OCC(=O)NCc1ccccc1S(=O)(=O)N(C)C. The van der Waals surface area contributed by atoms with Crippen LogP contribution in [0.5, 0.6) is 0 Å². The van der Waals surface area contributed by atoms with E-state index in [1.807, 2.05) is 0 Å². The van der Waals surface area contributed by atoms with E-state index in [0.29, 0.717) is 16.9 Å². The minimum absolute atomic E-state index is 0.0308. The van der Waals surface area contributed by atoms with Crippen LogP contribution in [0.2, 0.25) is 0 Å². The van der Waals surface area contributed by atoms with Crippen molar-refractivity contribution >= 4 is 27.5 Å². The van der Waals surface area contributed by atoms with Gasteiger partial charge in [0.25, 0.3) is 5.91 Å². The lowest BCUT2D eigenvalue weighted by Crippen LogP contribution is -2.30. The molecule has 1 amide bonds. The fourth-order valence-electron chi connectivity index (χ4n) is 2.78. The Morgan fingerprint density at radius 1 is 1.20 bits per heavy atom. The molecule has 0 saturated heterocycles. The van der Waals surface area contributed by atoms with Gasteiger partial charge in [-0.05, 0) is 24.6 Å². The van der Waals surface area contributed by atoms with Gasteiger partial charge < -0.3 is 10.1 Å². The van der Waals surface area contributed by atoms with E-state index in [2.05, 4.69) is 15.4 Å². The minimum atomic E-state index is -3.66. The quantitative estimate of drug-likeness (QED) is 0.548. The summed E-state index contributed by atoms with van der Waals surface area (Å²) in [5.41, 5.74) is 1.38. The van der Waals surface area contributed by atoms with Crippen molar-refractivity contribution in [3.05, 3.63) is 59.5 Å². The topological polar surface area (TPSA) is 123 Å². The molecule has 30 heavy (non-hydrogen) atoms. The Morgan fingerprint density at radius 3 is 2.67 bits per heavy atom. The summed E-state index contributed by atoms with van der Waals surface area (Å²) in [5.74, 6) is -1.28. The summed E-state index contributed by atoms with van der Waals surface area (Å²) in [7, 11) is -0.792. The molecule has 0 aliphatic rings. The van der Waals surface area contributed by atoms with Gasteiger partial charge in [-0.15, -0.1) is 0 Å². The van der Waals surface area contributed by atoms with Gasteiger partial charge in [0.2, 0.25) is 10.0 Å². The van der Waals surface area contributed by atoms with Crippen molar-refractivity contribution in [3.63, 3.8) is 0 Å². The molecule has 3 rings (SSSR count). The summed E-state index contributed by atoms with van der Waals surface area (Å²) in [6.45, 7) is 1.09. The maximum atomic E-state index is 12.4. The van der Waals surface area contributed by atoms with Crippen LogP contribution in [0.4, 0.5) is 0 Å². The van der Waals surface area contributed by atoms with Crippen LogP contribution in [0.25, 0.3) is 5.65 Å². The number of ether oxygens (including phenoxy) is 1. The standard InChI is InChI=1S/C19H21N5O5S/c1-13-17(18-20-9-6-10-24(18)22-13)19(26)29-12-16(25)21-11-14-7-4-5-8-15(14)30(27,28)23(2)3/h4-10H,11-12H2,1-3H3,(H,21,25). The number of aromatic nitrogens is 3. The Morgan fingerprint density at radius 2 is 1.93 bits per heavy atom. The van der Waals surface area contributed by atoms with E-state index in [4.69, 9.17) is 4.74 Å². The summed E-state index contributed by atoms with van der Waals surface area (Å²) in [6, 6.07) is 8.04. The van der Waals surface area contributed by atoms with E-state index in [1.165, 1.54) is 30.9 Å². The number of hydrogen-bond acceptors (Lipinski definition) is 7. The number of nitrogens with one attached hydrogen (secondary N) is 1. The third kappa shape index (κ3) is 4.31. The lowest BCUT2D eigenvalue weighted by Gasteiger charge is -2.15. The maximum absolute atomic E-state index is 12.4. The number of sulfonamides is 1. The Labute approximate surface area is 173 Å². The Kier molecular flexibility index (Phi) is 6.13. The first-order valence-corrected chi connectivity index (χ1v) is 10.4. The van der Waals surface area contributed by atoms with Crippen LogP contribution in [0.3, 0.4) is 0 Å². The number of esters is 1. The number of nitrogens with zero attached hydrogens (tertiary/aromatic N) is 4. The van der Waals surface area contributed by atoms with E-state index in [1.54, 1.807) is 37.4 Å². The van der Waals surface area contributed by atoms with Gasteiger partial charge in [0, 0.05) is 33.0 Å². The Bertz CT molecular complexity index is 1200. The van der Waals surface area contributed by atoms with Gasteiger partial charge in [0.15, 0.2) is 12.3 Å². The highest BCUT2D eigenvalue weighted by Crippen LogP contribution is 2.18. The molecule has 0 fully saturated rings. The van der Waals surface area contributed by atoms with E-state index in [9.17, 15) is 18.0 Å². The third-order valence-electron chi connectivity index (χ3n) is 4.32. The van der Waals surface area contributed by atoms with Crippen molar-refractivity contribution in [1.29, 1.82) is 0 Å². The number of amides is 1. The molecule has 1 N–H and O–H groups in total. The van der Waals surface area contributed by atoms with Crippen molar-refractivity contribution in [2.45, 2.75) is 18.4 Å². The zero-order valence-electron chi connectivity index (χ0n) is 16.7. The second-order valence-corrected chi connectivity index (χ2v) is 8.72. The van der Waals surface area contributed by atoms with E-state index in [-0.39, 0.29) is 17.0 Å². The number of hydrogen-bond donors (Lipinski definition) is 1. The fourth-order valence-corrected chi connectivity index (χ4v) is 3.90. The van der Waals surface area contributed by atoms with Crippen LogP contribution >= 0.6 is 0 Å². The molecule has 158 valence electrons. The zero-order valence-corrected chi connectivity index (χ0v) is 17.5. The first-order chi connectivity index (χ1) is 14.2. The van der Waals surface area contributed by atoms with E-state index in [0.717, 1.165) is 4.31 Å². The average Bonchev–Trinajstić information content (AvgIpc) is 3.06. The Balaban J connectivity index is 1.64. The van der Waals surface area contributed by atoms with Crippen LogP contribution in [0, 0.1) is 6.92 Å². The monoisotopic (exact) mass is 431 g/mol. The van der Waals surface area contributed by atoms with Crippen LogP contribution in [0.1, 0.15) is 21.6 Å². The smallest absolute Gasteiger partial charge is 0.344 e. The van der Waals surface area contributed by atoms with Crippen molar-refractivity contribution < 1.29 is 22.7 Å². The van der Waals surface area contributed by atoms with Gasteiger partial charge in [0.05, 0.1) is 10.6 Å². The summed E-state index contributed by atoms with van der Waals surface area (Å²) in [6.07, 6.45) is 3.18. The predicted octanol–water partition coefficient (Wildman–Crippen LogP) is 0.761. The molecule has 0 aliphatic carbocycles. The van der Waals surface area contributed by atoms with E-state index >= 15 is 0 Å². The molecule has 0 aliphatic heterocycles. The van der Waals surface area contributed by atoms with Gasteiger partial charge >= 0.3 is 5.97 Å². The first kappa shape index (κ1) is 21.4. The molecule has 3 aromatic rings. The van der Waals surface area contributed by atoms with Gasteiger partial charge in [-0.2, -0.15) is 5.10 Å². The summed E-state index contributed by atoms with van der Waals surface area (Å²) < 4.78 is 32.5. The number of benzene rings is 1. The number of rotatable bonds is 7. The van der Waals surface area contributed by atoms with E-state index < -0.39 is 28.5 Å². The van der Waals surface area contributed by atoms with Gasteiger partial charge in [0.1, 0.15) is 5.56 Å². The molecular weight excluding hydrogens is 410 g/mol. The lowest BCUT2D eigenvalue weighted by atomic mass is 10.2. The summed E-state index contributed by atoms with van der Waals surface area (Å²) in [4.78, 5) is 28.8. The summed E-state index contributed by atoms with van der Waals surface area (Å²) >= 11 is 0. The molecule has 0 saturated carbocycles.